The number of hydrogen-bond acceptors (Lipinski definition) is 6. The highest BCUT2D eigenvalue weighted by Crippen LogP contribution is 2.41. The highest BCUT2D eigenvalue weighted by molar-refractivity contribution is 8.13. The molecule has 0 unspecified atom stereocenters. The Labute approximate surface area is 155 Å². The van der Waals surface area contributed by atoms with Crippen LogP contribution >= 0.6 is 11.8 Å². The summed E-state index contributed by atoms with van der Waals surface area (Å²) in [4.78, 5) is 15.8. The van der Waals surface area contributed by atoms with Gasteiger partial charge in [0, 0.05) is 0 Å². The maximum atomic E-state index is 11.6. The van der Waals surface area contributed by atoms with Gasteiger partial charge in [0.25, 0.3) is 0 Å². The number of nitrogens with zero attached hydrogens (tertiary/aromatic N) is 2. The second-order valence-corrected chi connectivity index (χ2v) is 5.73. The van der Waals surface area contributed by atoms with Crippen molar-refractivity contribution in [3.05, 3.63) is 53.6 Å². The van der Waals surface area contributed by atoms with E-state index in [1.165, 1.54) is 31.0 Å². The van der Waals surface area contributed by atoms with Crippen molar-refractivity contribution >= 4 is 28.6 Å². The van der Waals surface area contributed by atoms with Crippen LogP contribution in [0.25, 0.3) is 0 Å². The van der Waals surface area contributed by atoms with Gasteiger partial charge in [-0.2, -0.15) is 5.26 Å². The summed E-state index contributed by atoms with van der Waals surface area (Å²) in [5.74, 6) is -0.612. The van der Waals surface area contributed by atoms with Crippen LogP contribution in [0.4, 0.5) is 5.69 Å². The molecule has 0 aliphatic rings. The number of nitrogens with one attached hydrogen (secondary N) is 1. The molecule has 0 aromatic heterocycles. The van der Waals surface area contributed by atoms with Crippen molar-refractivity contribution in [2.24, 2.45) is 4.99 Å². The number of aromatic carboxylic acids is 1. The summed E-state index contributed by atoms with van der Waals surface area (Å²) < 4.78 is 11.1. The predicted octanol–water partition coefficient (Wildman–Crippen LogP) is 3.39. The van der Waals surface area contributed by atoms with Crippen molar-refractivity contribution in [3.63, 3.8) is 0 Å². The van der Waals surface area contributed by atoms with Crippen LogP contribution in [-0.4, -0.2) is 29.6 Å². The van der Waals surface area contributed by atoms with Crippen LogP contribution in [0.2, 0.25) is 0 Å². The molecule has 2 aromatic rings. The second-order valence-electron chi connectivity index (χ2n) is 4.93. The van der Waals surface area contributed by atoms with Crippen LogP contribution in [0.5, 0.6) is 11.5 Å². The topological polar surface area (TPSA) is 104 Å². The number of aliphatic imine (C=N–C) groups is 1. The van der Waals surface area contributed by atoms with E-state index in [9.17, 15) is 9.90 Å². The minimum Gasteiger partial charge on any atom is -0.491 e. The lowest BCUT2D eigenvalue weighted by molar-refractivity contribution is 0.0697. The molecular formula is C18H17N3O4S. The Bertz CT molecular complexity index is 848. The number of ether oxygens (including phenoxy) is 2. The summed E-state index contributed by atoms with van der Waals surface area (Å²) in [6, 6.07) is 12.5. The van der Waals surface area contributed by atoms with Gasteiger partial charge >= 0.3 is 5.97 Å². The number of amidine groups is 1. The third-order valence-electron chi connectivity index (χ3n) is 3.34. The molecule has 0 radical (unpaired) electrons. The number of carbonyl (C=O) groups is 1. The lowest BCUT2D eigenvalue weighted by atomic mass is 10.1. The van der Waals surface area contributed by atoms with E-state index in [4.69, 9.17) is 14.7 Å². The van der Waals surface area contributed by atoms with Crippen LogP contribution in [-0.2, 0) is 6.61 Å². The lowest BCUT2D eigenvalue weighted by Crippen LogP contribution is -2.13. The van der Waals surface area contributed by atoms with Crippen molar-refractivity contribution in [3.8, 4) is 17.7 Å². The number of hydrogen-bond donors (Lipinski definition) is 2. The minimum atomic E-state index is -1.16. The molecule has 0 heterocycles. The number of carboxylic acids is 1. The van der Waals surface area contributed by atoms with Crippen LogP contribution in [0, 0.1) is 11.5 Å². The van der Waals surface area contributed by atoms with Crippen LogP contribution in [0.3, 0.4) is 0 Å². The SMILES string of the molecule is COc1c(OCc2ccccc2)ccc(C(=O)O)c1N=C(NC#N)SC. The van der Waals surface area contributed by atoms with Crippen molar-refractivity contribution in [1.29, 1.82) is 5.26 Å². The third-order valence-corrected chi connectivity index (χ3v) is 3.92. The Morgan fingerprint density at radius 1 is 1.31 bits per heavy atom. The highest BCUT2D eigenvalue weighted by atomic mass is 32.2. The molecular weight excluding hydrogens is 354 g/mol. The molecule has 0 aliphatic carbocycles. The van der Waals surface area contributed by atoms with Gasteiger partial charge in [0.05, 0.1) is 12.7 Å². The van der Waals surface area contributed by atoms with E-state index < -0.39 is 5.97 Å². The van der Waals surface area contributed by atoms with Gasteiger partial charge in [0.1, 0.15) is 12.3 Å². The number of nitriles is 1. The summed E-state index contributed by atoms with van der Waals surface area (Å²) >= 11 is 1.17. The molecule has 0 aliphatic heterocycles. The number of benzene rings is 2. The van der Waals surface area contributed by atoms with Gasteiger partial charge in [-0.15, -0.1) is 0 Å². The van der Waals surface area contributed by atoms with E-state index in [1.54, 1.807) is 12.4 Å². The first-order chi connectivity index (χ1) is 12.6. The van der Waals surface area contributed by atoms with Gasteiger partial charge in [-0.1, -0.05) is 42.1 Å². The normalized spacial score (nSPS) is 10.7. The molecule has 0 fully saturated rings. The molecule has 0 saturated carbocycles. The van der Waals surface area contributed by atoms with E-state index in [0.29, 0.717) is 12.4 Å². The first-order valence-electron chi connectivity index (χ1n) is 7.49. The summed E-state index contributed by atoms with van der Waals surface area (Å²) in [5, 5.41) is 20.9. The van der Waals surface area contributed by atoms with Gasteiger partial charge in [-0.3, -0.25) is 5.32 Å². The molecule has 2 aromatic carbocycles. The Morgan fingerprint density at radius 3 is 2.62 bits per heavy atom. The zero-order chi connectivity index (χ0) is 18.9. The Morgan fingerprint density at radius 2 is 2.04 bits per heavy atom. The first-order valence-corrected chi connectivity index (χ1v) is 8.72. The lowest BCUT2D eigenvalue weighted by Gasteiger charge is -2.15. The molecule has 26 heavy (non-hydrogen) atoms. The molecule has 0 atom stereocenters. The molecule has 0 spiro atoms. The number of rotatable bonds is 6. The van der Waals surface area contributed by atoms with Gasteiger partial charge in [0.2, 0.25) is 0 Å². The quantitative estimate of drug-likeness (QED) is 0.347. The van der Waals surface area contributed by atoms with Crippen LogP contribution < -0.4 is 14.8 Å². The number of methoxy groups -OCH3 is 1. The summed E-state index contributed by atoms with van der Waals surface area (Å²) in [5.41, 5.74) is 0.982. The zero-order valence-corrected chi connectivity index (χ0v) is 15.0. The Kier molecular flexibility index (Phi) is 6.88. The predicted molar refractivity (Wildman–Crippen MR) is 100 cm³/mol. The maximum absolute atomic E-state index is 11.6. The van der Waals surface area contributed by atoms with E-state index in [1.807, 2.05) is 30.3 Å². The Balaban J connectivity index is 2.46. The van der Waals surface area contributed by atoms with Crippen molar-refractivity contribution in [1.82, 2.24) is 5.32 Å². The summed E-state index contributed by atoms with van der Waals surface area (Å²) in [6.45, 7) is 0.290. The van der Waals surface area contributed by atoms with E-state index in [0.717, 1.165) is 5.56 Å². The monoisotopic (exact) mass is 371 g/mol. The standard InChI is InChI=1S/C18H17N3O4S/c1-24-16-14(25-10-12-6-4-3-5-7-12)9-8-13(17(22)23)15(16)21-18(26-2)20-11-19/h3-9H,10H2,1-2H3,(H,20,21)(H,22,23). The molecule has 0 bridgehead atoms. The smallest absolute Gasteiger partial charge is 0.338 e. The summed E-state index contributed by atoms with van der Waals surface area (Å²) in [6.07, 6.45) is 3.48. The van der Waals surface area contributed by atoms with E-state index in [-0.39, 0.29) is 22.2 Å². The number of carboxylic acid groups (broad SMARTS) is 1. The molecule has 2 N–H and O–H groups in total. The van der Waals surface area contributed by atoms with Crippen LogP contribution in [0.1, 0.15) is 15.9 Å². The summed E-state index contributed by atoms with van der Waals surface area (Å²) in [7, 11) is 1.41. The molecule has 134 valence electrons. The third kappa shape index (κ3) is 4.68. The average Bonchev–Trinajstić information content (AvgIpc) is 2.66. The van der Waals surface area contributed by atoms with E-state index >= 15 is 0 Å². The average molecular weight is 371 g/mol. The van der Waals surface area contributed by atoms with Crippen molar-refractivity contribution in [2.45, 2.75) is 6.61 Å². The van der Waals surface area contributed by atoms with Crippen molar-refractivity contribution in [2.75, 3.05) is 13.4 Å². The van der Waals surface area contributed by atoms with E-state index in [2.05, 4.69) is 10.3 Å². The van der Waals surface area contributed by atoms with Gasteiger partial charge in [-0.05, 0) is 24.0 Å². The first kappa shape index (κ1) is 19.1. The minimum absolute atomic E-state index is 0.0554. The highest BCUT2D eigenvalue weighted by Gasteiger charge is 2.20. The van der Waals surface area contributed by atoms with Crippen molar-refractivity contribution < 1.29 is 19.4 Å². The fourth-order valence-corrected chi connectivity index (χ4v) is 2.49. The molecule has 2 rings (SSSR count). The molecule has 0 amide bonds. The fraction of sp³-hybridized carbons (Fsp3) is 0.167. The molecule has 0 saturated heterocycles. The fourth-order valence-electron chi connectivity index (χ4n) is 2.16. The molecule has 7 nitrogen and oxygen atoms in total. The Hall–Kier alpha value is -3.18. The van der Waals surface area contributed by atoms with Crippen LogP contribution in [0.15, 0.2) is 47.5 Å². The van der Waals surface area contributed by atoms with Gasteiger partial charge < -0.3 is 14.6 Å². The molecule has 8 heteroatoms. The maximum Gasteiger partial charge on any atom is 0.338 e. The van der Waals surface area contributed by atoms with Gasteiger partial charge in [0.15, 0.2) is 22.9 Å². The zero-order valence-electron chi connectivity index (χ0n) is 14.2. The second kappa shape index (κ2) is 9.34. The van der Waals surface area contributed by atoms with Gasteiger partial charge in [-0.25, -0.2) is 9.79 Å². The number of thioether (sulfide) groups is 1. The largest absolute Gasteiger partial charge is 0.491 e.